The van der Waals surface area contributed by atoms with Crippen LogP contribution in [0, 0.1) is 5.92 Å². The van der Waals surface area contributed by atoms with E-state index in [0.717, 1.165) is 12.0 Å². The predicted octanol–water partition coefficient (Wildman–Crippen LogP) is 1.61. The van der Waals surface area contributed by atoms with Crippen molar-refractivity contribution in [3.63, 3.8) is 0 Å². The first kappa shape index (κ1) is 15.3. The van der Waals surface area contributed by atoms with E-state index < -0.39 is 5.97 Å². The van der Waals surface area contributed by atoms with Gasteiger partial charge in [0.15, 0.2) is 0 Å². The Balaban J connectivity index is 1.79. The molecule has 2 unspecified atom stereocenters. The molecule has 2 atom stereocenters. The lowest BCUT2D eigenvalue weighted by atomic mass is 9.98. The number of carbonyl (C=O) groups is 2. The van der Waals surface area contributed by atoms with Crippen LogP contribution in [0.15, 0.2) is 24.3 Å². The molecule has 1 aliphatic heterocycles. The Kier molecular flexibility index (Phi) is 5.16. The number of urea groups is 1. The standard InChI is InChI=1S/C15H20N2O4/c1-10-9-21-7-6-13(10)17-15(20)16-8-11-2-4-12(5-3-11)14(18)19/h2-5,10,13H,6-9H2,1H3,(H,18,19)(H2,16,17,20). The molecule has 3 N–H and O–H groups in total. The van der Waals surface area contributed by atoms with Gasteiger partial charge in [-0.3, -0.25) is 0 Å². The topological polar surface area (TPSA) is 87.7 Å². The maximum Gasteiger partial charge on any atom is 0.335 e. The van der Waals surface area contributed by atoms with Gasteiger partial charge in [-0.2, -0.15) is 0 Å². The number of rotatable bonds is 4. The van der Waals surface area contributed by atoms with Gasteiger partial charge in [0, 0.05) is 19.2 Å². The van der Waals surface area contributed by atoms with E-state index in [1.165, 1.54) is 12.1 Å². The Hall–Kier alpha value is -2.08. The third-order valence-corrected chi connectivity index (χ3v) is 3.61. The molecule has 0 aromatic heterocycles. The summed E-state index contributed by atoms with van der Waals surface area (Å²) in [5.41, 5.74) is 1.09. The van der Waals surface area contributed by atoms with Gasteiger partial charge >= 0.3 is 12.0 Å². The second-order valence-electron chi connectivity index (χ2n) is 5.28. The van der Waals surface area contributed by atoms with Gasteiger partial charge in [-0.25, -0.2) is 9.59 Å². The van der Waals surface area contributed by atoms with Crippen molar-refractivity contribution in [3.05, 3.63) is 35.4 Å². The van der Waals surface area contributed by atoms with Gasteiger partial charge in [0.25, 0.3) is 0 Å². The lowest BCUT2D eigenvalue weighted by Gasteiger charge is -2.29. The first-order valence-electron chi connectivity index (χ1n) is 7.00. The number of hydrogen-bond donors (Lipinski definition) is 3. The maximum absolute atomic E-state index is 11.8. The molecule has 0 aliphatic carbocycles. The fourth-order valence-electron chi connectivity index (χ4n) is 2.26. The van der Waals surface area contributed by atoms with E-state index in [9.17, 15) is 9.59 Å². The molecule has 6 heteroatoms. The van der Waals surface area contributed by atoms with Crippen LogP contribution in [0.3, 0.4) is 0 Å². The first-order chi connectivity index (χ1) is 10.1. The Morgan fingerprint density at radius 2 is 2.05 bits per heavy atom. The summed E-state index contributed by atoms with van der Waals surface area (Å²) in [6.45, 7) is 3.76. The summed E-state index contributed by atoms with van der Waals surface area (Å²) in [6.07, 6.45) is 0.821. The molecule has 2 amide bonds. The maximum atomic E-state index is 11.8. The lowest BCUT2D eigenvalue weighted by Crippen LogP contribution is -2.48. The van der Waals surface area contributed by atoms with Crippen molar-refractivity contribution in [1.29, 1.82) is 0 Å². The summed E-state index contributed by atoms with van der Waals surface area (Å²) in [4.78, 5) is 22.6. The summed E-state index contributed by atoms with van der Waals surface area (Å²) in [6, 6.07) is 6.36. The average molecular weight is 292 g/mol. The number of amides is 2. The number of nitrogens with one attached hydrogen (secondary N) is 2. The van der Waals surface area contributed by atoms with Crippen LogP contribution in [-0.2, 0) is 11.3 Å². The number of ether oxygens (including phenoxy) is 1. The molecular formula is C15H20N2O4. The quantitative estimate of drug-likeness (QED) is 0.786. The summed E-state index contributed by atoms with van der Waals surface area (Å²) >= 11 is 0. The van der Waals surface area contributed by atoms with Crippen LogP contribution in [0.5, 0.6) is 0 Å². The molecule has 1 fully saturated rings. The first-order valence-corrected chi connectivity index (χ1v) is 7.00. The van der Waals surface area contributed by atoms with E-state index in [-0.39, 0.29) is 17.6 Å². The molecule has 1 saturated heterocycles. The third-order valence-electron chi connectivity index (χ3n) is 3.61. The van der Waals surface area contributed by atoms with E-state index in [4.69, 9.17) is 9.84 Å². The van der Waals surface area contributed by atoms with Crippen molar-refractivity contribution >= 4 is 12.0 Å². The Labute approximate surface area is 123 Å². The fraction of sp³-hybridized carbons (Fsp3) is 0.467. The smallest absolute Gasteiger partial charge is 0.335 e. The van der Waals surface area contributed by atoms with Crippen molar-refractivity contribution < 1.29 is 19.4 Å². The van der Waals surface area contributed by atoms with Crippen molar-refractivity contribution in [1.82, 2.24) is 10.6 Å². The van der Waals surface area contributed by atoms with E-state index in [0.29, 0.717) is 25.7 Å². The van der Waals surface area contributed by atoms with Gasteiger partial charge in [0.2, 0.25) is 0 Å². The van der Waals surface area contributed by atoms with E-state index >= 15 is 0 Å². The predicted molar refractivity (Wildman–Crippen MR) is 77.2 cm³/mol. The molecule has 1 aromatic carbocycles. The van der Waals surface area contributed by atoms with Crippen LogP contribution in [0.25, 0.3) is 0 Å². The number of carboxylic acid groups (broad SMARTS) is 1. The normalized spacial score (nSPS) is 21.6. The minimum atomic E-state index is -0.958. The van der Waals surface area contributed by atoms with Crippen LogP contribution in [-0.4, -0.2) is 36.4 Å². The van der Waals surface area contributed by atoms with Gasteiger partial charge in [-0.05, 0) is 30.0 Å². The summed E-state index contributed by atoms with van der Waals surface area (Å²) in [7, 11) is 0. The van der Waals surface area contributed by atoms with E-state index in [1.807, 2.05) is 0 Å². The molecule has 21 heavy (non-hydrogen) atoms. The third kappa shape index (κ3) is 4.46. The summed E-state index contributed by atoms with van der Waals surface area (Å²) in [5.74, 6) is -0.653. The van der Waals surface area contributed by atoms with Gasteiger partial charge in [0.05, 0.1) is 12.2 Å². The number of aromatic carboxylic acids is 1. The van der Waals surface area contributed by atoms with Crippen LogP contribution in [0.1, 0.15) is 29.3 Å². The Morgan fingerprint density at radius 3 is 2.67 bits per heavy atom. The zero-order valence-electron chi connectivity index (χ0n) is 12.0. The SMILES string of the molecule is CC1COCCC1NC(=O)NCc1ccc(C(=O)O)cc1. The van der Waals surface area contributed by atoms with Crippen LogP contribution >= 0.6 is 0 Å². The largest absolute Gasteiger partial charge is 0.478 e. The molecule has 0 spiro atoms. The number of carbonyl (C=O) groups excluding carboxylic acids is 1. The van der Waals surface area contributed by atoms with Crippen molar-refractivity contribution in [3.8, 4) is 0 Å². The molecular weight excluding hydrogens is 272 g/mol. The average Bonchev–Trinajstić information content (AvgIpc) is 2.48. The minimum absolute atomic E-state index is 0.133. The van der Waals surface area contributed by atoms with Crippen LogP contribution < -0.4 is 10.6 Å². The zero-order chi connectivity index (χ0) is 15.2. The second-order valence-corrected chi connectivity index (χ2v) is 5.28. The zero-order valence-corrected chi connectivity index (χ0v) is 12.0. The Morgan fingerprint density at radius 1 is 1.33 bits per heavy atom. The Bertz CT molecular complexity index is 501. The monoisotopic (exact) mass is 292 g/mol. The molecule has 0 bridgehead atoms. The highest BCUT2D eigenvalue weighted by molar-refractivity contribution is 5.87. The highest BCUT2D eigenvalue weighted by Crippen LogP contribution is 2.13. The molecule has 6 nitrogen and oxygen atoms in total. The number of benzene rings is 1. The molecule has 2 rings (SSSR count). The summed E-state index contributed by atoms with van der Waals surface area (Å²) < 4.78 is 5.33. The van der Waals surface area contributed by atoms with Gasteiger partial charge < -0.3 is 20.5 Å². The van der Waals surface area contributed by atoms with Crippen LogP contribution in [0.2, 0.25) is 0 Å². The minimum Gasteiger partial charge on any atom is -0.478 e. The number of carboxylic acids is 1. The summed E-state index contributed by atoms with van der Waals surface area (Å²) in [5, 5.41) is 14.5. The second kappa shape index (κ2) is 7.08. The highest BCUT2D eigenvalue weighted by Gasteiger charge is 2.23. The van der Waals surface area contributed by atoms with E-state index in [2.05, 4.69) is 17.6 Å². The molecule has 0 radical (unpaired) electrons. The van der Waals surface area contributed by atoms with Gasteiger partial charge in [0.1, 0.15) is 0 Å². The molecule has 1 aromatic rings. The van der Waals surface area contributed by atoms with Crippen molar-refractivity contribution in [2.24, 2.45) is 5.92 Å². The molecule has 0 saturated carbocycles. The lowest BCUT2D eigenvalue weighted by molar-refractivity contribution is 0.0419. The van der Waals surface area contributed by atoms with Crippen LogP contribution in [0.4, 0.5) is 4.79 Å². The number of hydrogen-bond acceptors (Lipinski definition) is 3. The van der Waals surface area contributed by atoms with E-state index in [1.54, 1.807) is 12.1 Å². The highest BCUT2D eigenvalue weighted by atomic mass is 16.5. The molecule has 114 valence electrons. The van der Waals surface area contributed by atoms with Crippen molar-refractivity contribution in [2.75, 3.05) is 13.2 Å². The van der Waals surface area contributed by atoms with Gasteiger partial charge in [-0.1, -0.05) is 19.1 Å². The molecule has 1 aliphatic rings. The van der Waals surface area contributed by atoms with Crippen molar-refractivity contribution in [2.45, 2.75) is 25.9 Å². The fourth-order valence-corrected chi connectivity index (χ4v) is 2.26. The van der Waals surface area contributed by atoms with Gasteiger partial charge in [-0.15, -0.1) is 0 Å². The molecule has 1 heterocycles.